The van der Waals surface area contributed by atoms with Crippen molar-refractivity contribution in [1.29, 1.82) is 0 Å². The van der Waals surface area contributed by atoms with Gasteiger partial charge in [0.2, 0.25) is 0 Å². The highest BCUT2D eigenvalue weighted by molar-refractivity contribution is 5.91. The Labute approximate surface area is 112 Å². The number of piperidine rings is 1. The zero-order valence-electron chi connectivity index (χ0n) is 12.4. The van der Waals surface area contributed by atoms with Gasteiger partial charge in [0.25, 0.3) is 0 Å². The number of nitrogens with zero attached hydrogens (tertiary/aromatic N) is 2. The Morgan fingerprint density at radius 2 is 1.94 bits per heavy atom. The second kappa shape index (κ2) is 7.70. The number of hydrogen-bond donors (Lipinski definition) is 0. The molecule has 0 aromatic carbocycles. The van der Waals surface area contributed by atoms with Crippen LogP contribution in [0.4, 0.5) is 0 Å². The summed E-state index contributed by atoms with van der Waals surface area (Å²) in [5.41, 5.74) is 0. The molecule has 0 radical (unpaired) electrons. The van der Waals surface area contributed by atoms with Crippen molar-refractivity contribution in [3.63, 3.8) is 0 Å². The van der Waals surface area contributed by atoms with E-state index in [0.717, 1.165) is 31.5 Å². The normalized spacial score (nSPS) is 19.2. The fourth-order valence-corrected chi connectivity index (χ4v) is 2.45. The first-order valence-electron chi connectivity index (χ1n) is 7.05. The quantitative estimate of drug-likeness (QED) is 0.676. The molecule has 1 heterocycles. The molecule has 0 atom stereocenters. The van der Waals surface area contributed by atoms with Gasteiger partial charge in [0.15, 0.2) is 5.78 Å². The van der Waals surface area contributed by atoms with E-state index >= 15 is 0 Å². The van der Waals surface area contributed by atoms with Crippen LogP contribution in [0.2, 0.25) is 0 Å². The van der Waals surface area contributed by atoms with E-state index in [2.05, 4.69) is 23.6 Å². The van der Waals surface area contributed by atoms with E-state index in [1.165, 1.54) is 12.8 Å². The molecule has 0 bridgehead atoms. The van der Waals surface area contributed by atoms with E-state index in [0.29, 0.717) is 6.54 Å². The second-order valence-corrected chi connectivity index (χ2v) is 5.99. The largest absolute Gasteiger partial charge is 0.306 e. The predicted molar refractivity (Wildman–Crippen MR) is 76.7 cm³/mol. The van der Waals surface area contributed by atoms with Crippen molar-refractivity contribution in [2.45, 2.75) is 26.7 Å². The fourth-order valence-electron chi connectivity index (χ4n) is 2.45. The van der Waals surface area contributed by atoms with Crippen molar-refractivity contribution < 1.29 is 4.79 Å². The lowest BCUT2D eigenvalue weighted by atomic mass is 9.87. The van der Waals surface area contributed by atoms with Crippen molar-refractivity contribution >= 4 is 5.78 Å². The Morgan fingerprint density at radius 3 is 2.44 bits per heavy atom. The summed E-state index contributed by atoms with van der Waals surface area (Å²) in [6.07, 6.45) is 6.16. The zero-order chi connectivity index (χ0) is 13.5. The molecule has 0 aliphatic carbocycles. The highest BCUT2D eigenvalue weighted by atomic mass is 16.1. The maximum atomic E-state index is 11.8. The van der Waals surface area contributed by atoms with Crippen LogP contribution in [-0.4, -0.2) is 55.9 Å². The molecule has 18 heavy (non-hydrogen) atoms. The van der Waals surface area contributed by atoms with Crippen LogP contribution in [0.5, 0.6) is 0 Å². The minimum atomic E-state index is 0.236. The molecule has 1 rings (SSSR count). The molecule has 0 aromatic heterocycles. The molecule has 1 aliphatic rings. The van der Waals surface area contributed by atoms with Gasteiger partial charge in [0.1, 0.15) is 0 Å². The Kier molecular flexibility index (Phi) is 6.58. The summed E-state index contributed by atoms with van der Waals surface area (Å²) in [7, 11) is 4.01. The van der Waals surface area contributed by atoms with Crippen LogP contribution >= 0.6 is 0 Å². The fraction of sp³-hybridized carbons (Fsp3) is 0.800. The van der Waals surface area contributed by atoms with E-state index in [9.17, 15) is 4.79 Å². The van der Waals surface area contributed by atoms with Gasteiger partial charge in [-0.05, 0) is 57.9 Å². The van der Waals surface area contributed by atoms with E-state index in [1.807, 2.05) is 20.2 Å². The zero-order valence-corrected chi connectivity index (χ0v) is 12.4. The smallest absolute Gasteiger partial charge is 0.169 e. The predicted octanol–water partition coefficient (Wildman–Crippen LogP) is 2.04. The topological polar surface area (TPSA) is 23.6 Å². The molecule has 1 aliphatic heterocycles. The van der Waals surface area contributed by atoms with Gasteiger partial charge in [-0.3, -0.25) is 9.69 Å². The van der Waals surface area contributed by atoms with E-state index in [4.69, 9.17) is 0 Å². The van der Waals surface area contributed by atoms with Crippen LogP contribution in [0.3, 0.4) is 0 Å². The number of likely N-dealkylation sites (tertiary alicyclic amines) is 1. The summed E-state index contributed by atoms with van der Waals surface area (Å²) in [6, 6.07) is 0. The Hall–Kier alpha value is -0.670. The first kappa shape index (κ1) is 15.4. The van der Waals surface area contributed by atoms with Crippen molar-refractivity contribution in [1.82, 2.24) is 9.80 Å². The van der Waals surface area contributed by atoms with Crippen LogP contribution in [-0.2, 0) is 4.79 Å². The van der Waals surface area contributed by atoms with E-state index in [1.54, 1.807) is 6.08 Å². The SMILES string of the molecule is CC(C)C1CCN(CC(=O)/C=C/CN(C)C)CC1. The summed E-state index contributed by atoms with van der Waals surface area (Å²) < 4.78 is 0. The molecule has 0 N–H and O–H groups in total. The van der Waals surface area contributed by atoms with Crippen LogP contribution in [0.15, 0.2) is 12.2 Å². The third-order valence-corrected chi connectivity index (χ3v) is 3.73. The second-order valence-electron chi connectivity index (χ2n) is 5.99. The first-order valence-corrected chi connectivity index (χ1v) is 7.05. The summed E-state index contributed by atoms with van der Waals surface area (Å²) >= 11 is 0. The van der Waals surface area contributed by atoms with Gasteiger partial charge in [-0.25, -0.2) is 0 Å². The average molecular weight is 252 g/mol. The van der Waals surface area contributed by atoms with Crippen LogP contribution in [0.1, 0.15) is 26.7 Å². The van der Waals surface area contributed by atoms with Gasteiger partial charge in [-0.2, -0.15) is 0 Å². The highest BCUT2D eigenvalue weighted by Crippen LogP contribution is 2.24. The molecule has 1 fully saturated rings. The van der Waals surface area contributed by atoms with Crippen molar-refractivity contribution in [3.05, 3.63) is 12.2 Å². The molecular weight excluding hydrogens is 224 g/mol. The molecule has 0 aromatic rings. The van der Waals surface area contributed by atoms with Crippen LogP contribution < -0.4 is 0 Å². The maximum Gasteiger partial charge on any atom is 0.169 e. The third kappa shape index (κ3) is 5.78. The van der Waals surface area contributed by atoms with Crippen molar-refractivity contribution in [2.24, 2.45) is 11.8 Å². The van der Waals surface area contributed by atoms with Crippen LogP contribution in [0.25, 0.3) is 0 Å². The number of rotatable bonds is 6. The molecule has 0 unspecified atom stereocenters. The minimum Gasteiger partial charge on any atom is -0.306 e. The summed E-state index contributed by atoms with van der Waals surface area (Å²) in [5.74, 6) is 1.86. The molecule has 0 spiro atoms. The summed E-state index contributed by atoms with van der Waals surface area (Å²) in [6.45, 7) is 8.19. The highest BCUT2D eigenvalue weighted by Gasteiger charge is 2.21. The summed E-state index contributed by atoms with van der Waals surface area (Å²) in [5, 5.41) is 0. The molecule has 104 valence electrons. The molecular formula is C15H28N2O. The number of carbonyl (C=O) groups is 1. The standard InChI is InChI=1S/C15H28N2O/c1-13(2)14-7-10-17(11-8-14)12-15(18)6-5-9-16(3)4/h5-6,13-14H,7-12H2,1-4H3/b6-5+. The Balaban J connectivity index is 2.24. The molecule has 3 heteroatoms. The van der Waals surface area contributed by atoms with E-state index in [-0.39, 0.29) is 5.78 Å². The van der Waals surface area contributed by atoms with Crippen LogP contribution in [0, 0.1) is 11.8 Å². The molecule has 1 saturated heterocycles. The van der Waals surface area contributed by atoms with E-state index < -0.39 is 0 Å². The van der Waals surface area contributed by atoms with Gasteiger partial charge in [0.05, 0.1) is 6.54 Å². The summed E-state index contributed by atoms with van der Waals surface area (Å²) in [4.78, 5) is 16.1. The monoisotopic (exact) mass is 252 g/mol. The first-order chi connectivity index (χ1) is 8.49. The lowest BCUT2D eigenvalue weighted by Crippen LogP contribution is -2.38. The Bertz CT molecular complexity index is 276. The molecule has 0 saturated carbocycles. The minimum absolute atomic E-state index is 0.236. The molecule has 3 nitrogen and oxygen atoms in total. The number of carbonyl (C=O) groups excluding carboxylic acids is 1. The maximum absolute atomic E-state index is 11.8. The molecule has 0 amide bonds. The van der Waals surface area contributed by atoms with Gasteiger partial charge < -0.3 is 4.90 Å². The lowest BCUT2D eigenvalue weighted by Gasteiger charge is -2.33. The average Bonchev–Trinajstić information content (AvgIpc) is 2.29. The number of likely N-dealkylation sites (N-methyl/N-ethyl adjacent to an activating group) is 1. The van der Waals surface area contributed by atoms with Gasteiger partial charge in [-0.1, -0.05) is 19.9 Å². The number of ketones is 1. The number of hydrogen-bond acceptors (Lipinski definition) is 3. The lowest BCUT2D eigenvalue weighted by molar-refractivity contribution is -0.116. The Morgan fingerprint density at radius 1 is 1.33 bits per heavy atom. The van der Waals surface area contributed by atoms with Gasteiger partial charge >= 0.3 is 0 Å². The van der Waals surface area contributed by atoms with Gasteiger partial charge in [0, 0.05) is 6.54 Å². The van der Waals surface area contributed by atoms with Crippen molar-refractivity contribution in [3.8, 4) is 0 Å². The third-order valence-electron chi connectivity index (χ3n) is 3.73. The van der Waals surface area contributed by atoms with Crippen molar-refractivity contribution in [2.75, 3.05) is 40.3 Å². The van der Waals surface area contributed by atoms with Gasteiger partial charge in [-0.15, -0.1) is 0 Å².